The van der Waals surface area contributed by atoms with Crippen molar-refractivity contribution in [1.29, 1.82) is 0 Å². The first-order chi connectivity index (χ1) is 7.66. The van der Waals surface area contributed by atoms with Gasteiger partial charge in [-0.15, -0.1) is 0 Å². The molecule has 3 heteroatoms. The van der Waals surface area contributed by atoms with Gasteiger partial charge in [0.05, 0.1) is 0 Å². The minimum Gasteiger partial charge on any atom is -0.329 e. The van der Waals surface area contributed by atoms with E-state index in [1.54, 1.807) is 0 Å². The smallest absolute Gasteiger partial charge is 0.0334 e. The molecule has 1 saturated carbocycles. The van der Waals surface area contributed by atoms with Crippen LogP contribution >= 0.6 is 0 Å². The van der Waals surface area contributed by atoms with Crippen molar-refractivity contribution in [3.05, 3.63) is 0 Å². The van der Waals surface area contributed by atoms with Crippen molar-refractivity contribution in [2.24, 2.45) is 11.7 Å². The zero-order valence-corrected chi connectivity index (χ0v) is 10.9. The lowest BCUT2D eigenvalue weighted by molar-refractivity contribution is 0.00175. The Morgan fingerprint density at radius 3 is 2.44 bits per heavy atom. The van der Waals surface area contributed by atoms with E-state index in [0.29, 0.717) is 5.54 Å². The standard InChI is InChI=1S/C13H27N3/c1-12-9-13(10-12,11-14)15(2)7-8-16-5-3-4-6-16/h12H,3-11,14H2,1-2H3. The summed E-state index contributed by atoms with van der Waals surface area (Å²) in [6.07, 6.45) is 5.37. The van der Waals surface area contributed by atoms with E-state index >= 15 is 0 Å². The monoisotopic (exact) mass is 225 g/mol. The van der Waals surface area contributed by atoms with Gasteiger partial charge in [-0.1, -0.05) is 6.92 Å². The van der Waals surface area contributed by atoms with Gasteiger partial charge in [-0.25, -0.2) is 0 Å². The van der Waals surface area contributed by atoms with E-state index in [2.05, 4.69) is 23.8 Å². The fourth-order valence-electron chi connectivity index (χ4n) is 3.41. The lowest BCUT2D eigenvalue weighted by atomic mass is 9.68. The van der Waals surface area contributed by atoms with E-state index in [1.165, 1.54) is 51.9 Å². The third kappa shape index (κ3) is 2.41. The topological polar surface area (TPSA) is 32.5 Å². The molecule has 2 aliphatic rings. The molecule has 0 aromatic rings. The normalized spacial score (nSPS) is 35.6. The summed E-state index contributed by atoms with van der Waals surface area (Å²) >= 11 is 0. The fourth-order valence-corrected chi connectivity index (χ4v) is 3.41. The van der Waals surface area contributed by atoms with Crippen LogP contribution in [0.1, 0.15) is 32.6 Å². The van der Waals surface area contributed by atoms with Crippen molar-refractivity contribution in [1.82, 2.24) is 9.80 Å². The summed E-state index contributed by atoms with van der Waals surface area (Å²) in [5, 5.41) is 0. The largest absolute Gasteiger partial charge is 0.329 e. The number of hydrogen-bond donors (Lipinski definition) is 1. The second-order valence-electron chi connectivity index (χ2n) is 5.91. The van der Waals surface area contributed by atoms with Gasteiger partial charge in [-0.3, -0.25) is 4.90 Å². The van der Waals surface area contributed by atoms with Crippen molar-refractivity contribution in [3.8, 4) is 0 Å². The zero-order valence-electron chi connectivity index (χ0n) is 10.9. The molecule has 0 aromatic heterocycles. The van der Waals surface area contributed by atoms with E-state index < -0.39 is 0 Å². The lowest BCUT2D eigenvalue weighted by Gasteiger charge is -2.52. The Kier molecular flexibility index (Phi) is 3.88. The van der Waals surface area contributed by atoms with Crippen LogP contribution in [0.2, 0.25) is 0 Å². The van der Waals surface area contributed by atoms with Crippen LogP contribution in [-0.2, 0) is 0 Å². The van der Waals surface area contributed by atoms with Crippen molar-refractivity contribution in [2.75, 3.05) is 39.8 Å². The molecule has 0 unspecified atom stereocenters. The highest BCUT2D eigenvalue weighted by Crippen LogP contribution is 2.40. The molecule has 94 valence electrons. The number of likely N-dealkylation sites (tertiary alicyclic amines) is 1. The van der Waals surface area contributed by atoms with Crippen LogP contribution in [0, 0.1) is 5.92 Å². The van der Waals surface area contributed by atoms with Crippen LogP contribution in [0.25, 0.3) is 0 Å². The zero-order chi connectivity index (χ0) is 11.6. The SMILES string of the molecule is CC1CC(CN)(N(C)CCN2CCCC2)C1. The molecule has 0 atom stereocenters. The van der Waals surface area contributed by atoms with E-state index in [1.807, 2.05) is 0 Å². The number of rotatable bonds is 5. The van der Waals surface area contributed by atoms with E-state index in [-0.39, 0.29) is 0 Å². The summed E-state index contributed by atoms with van der Waals surface area (Å²) < 4.78 is 0. The molecule has 2 N–H and O–H groups in total. The highest BCUT2D eigenvalue weighted by molar-refractivity contribution is 5.01. The van der Waals surface area contributed by atoms with Gasteiger partial charge in [0.25, 0.3) is 0 Å². The maximum atomic E-state index is 5.96. The van der Waals surface area contributed by atoms with Crippen LogP contribution in [0.5, 0.6) is 0 Å². The summed E-state index contributed by atoms with van der Waals surface area (Å²) in [4.78, 5) is 5.11. The second kappa shape index (κ2) is 5.03. The highest BCUT2D eigenvalue weighted by atomic mass is 15.2. The number of nitrogens with two attached hydrogens (primary N) is 1. The Labute approximate surface area is 100.0 Å². The Morgan fingerprint density at radius 2 is 1.94 bits per heavy atom. The van der Waals surface area contributed by atoms with Gasteiger partial charge in [0.2, 0.25) is 0 Å². The molecule has 0 spiro atoms. The molecule has 0 amide bonds. The molecule has 1 aliphatic carbocycles. The third-order valence-electron chi connectivity index (χ3n) is 4.60. The molecule has 0 bridgehead atoms. The molecule has 1 aliphatic heterocycles. The molecular weight excluding hydrogens is 198 g/mol. The third-order valence-corrected chi connectivity index (χ3v) is 4.60. The maximum absolute atomic E-state index is 5.96. The van der Waals surface area contributed by atoms with E-state index in [0.717, 1.165) is 12.5 Å². The van der Waals surface area contributed by atoms with Crippen molar-refractivity contribution < 1.29 is 0 Å². The maximum Gasteiger partial charge on any atom is 0.0334 e. The van der Waals surface area contributed by atoms with Crippen LogP contribution in [0.3, 0.4) is 0 Å². The summed E-state index contributed by atoms with van der Waals surface area (Å²) in [7, 11) is 2.26. The van der Waals surface area contributed by atoms with Gasteiger partial charge in [0.1, 0.15) is 0 Å². The second-order valence-corrected chi connectivity index (χ2v) is 5.91. The molecule has 2 fully saturated rings. The average molecular weight is 225 g/mol. The van der Waals surface area contributed by atoms with E-state index in [4.69, 9.17) is 5.73 Å². The van der Waals surface area contributed by atoms with E-state index in [9.17, 15) is 0 Å². The summed E-state index contributed by atoms with van der Waals surface area (Å²) in [6.45, 7) is 8.19. The first-order valence-corrected chi connectivity index (χ1v) is 6.80. The van der Waals surface area contributed by atoms with Crippen molar-refractivity contribution in [3.63, 3.8) is 0 Å². The minimum atomic E-state index is 0.332. The highest BCUT2D eigenvalue weighted by Gasteiger charge is 2.43. The molecule has 2 rings (SSSR count). The van der Waals surface area contributed by atoms with Gasteiger partial charge < -0.3 is 10.6 Å². The Bertz CT molecular complexity index is 217. The molecule has 1 heterocycles. The van der Waals surface area contributed by atoms with Gasteiger partial charge in [0, 0.05) is 25.2 Å². The van der Waals surface area contributed by atoms with Gasteiger partial charge >= 0.3 is 0 Å². The van der Waals surface area contributed by atoms with Gasteiger partial charge in [-0.2, -0.15) is 0 Å². The molecule has 3 nitrogen and oxygen atoms in total. The van der Waals surface area contributed by atoms with Gasteiger partial charge in [0.15, 0.2) is 0 Å². The Morgan fingerprint density at radius 1 is 1.31 bits per heavy atom. The first kappa shape index (κ1) is 12.3. The number of likely N-dealkylation sites (N-methyl/N-ethyl adjacent to an activating group) is 1. The van der Waals surface area contributed by atoms with Gasteiger partial charge in [-0.05, 0) is 51.7 Å². The van der Waals surface area contributed by atoms with Crippen LogP contribution in [0.15, 0.2) is 0 Å². The predicted octanol–water partition coefficient (Wildman–Crippen LogP) is 1.14. The Balaban J connectivity index is 1.75. The summed E-state index contributed by atoms with van der Waals surface area (Å²) in [5.41, 5.74) is 6.29. The summed E-state index contributed by atoms with van der Waals surface area (Å²) in [5.74, 6) is 0.873. The molecule has 0 radical (unpaired) electrons. The molecule has 16 heavy (non-hydrogen) atoms. The van der Waals surface area contributed by atoms with Crippen molar-refractivity contribution >= 4 is 0 Å². The fraction of sp³-hybridized carbons (Fsp3) is 1.00. The lowest BCUT2D eigenvalue weighted by Crippen LogP contribution is -2.60. The number of nitrogens with zero attached hydrogens (tertiary/aromatic N) is 2. The quantitative estimate of drug-likeness (QED) is 0.761. The molecule has 0 aromatic carbocycles. The molecular formula is C13H27N3. The predicted molar refractivity (Wildman–Crippen MR) is 68.5 cm³/mol. The number of hydrogen-bond acceptors (Lipinski definition) is 3. The summed E-state index contributed by atoms with van der Waals surface area (Å²) in [6, 6.07) is 0. The first-order valence-electron chi connectivity index (χ1n) is 6.80. The average Bonchev–Trinajstić information content (AvgIpc) is 2.73. The minimum absolute atomic E-state index is 0.332. The Hall–Kier alpha value is -0.120. The van der Waals surface area contributed by atoms with Crippen molar-refractivity contribution in [2.45, 2.75) is 38.1 Å². The van der Waals surface area contributed by atoms with Crippen LogP contribution in [0.4, 0.5) is 0 Å². The van der Waals surface area contributed by atoms with Crippen LogP contribution < -0.4 is 5.73 Å². The van der Waals surface area contributed by atoms with Crippen LogP contribution in [-0.4, -0.2) is 55.1 Å². The molecule has 1 saturated heterocycles.